The lowest BCUT2D eigenvalue weighted by Gasteiger charge is -1.89. The number of rotatable bonds is 2. The molecule has 2 rings (SSSR count). The molecule has 0 bridgehead atoms. The number of fused-ring (bicyclic) bond motifs is 1. The lowest BCUT2D eigenvalue weighted by molar-refractivity contribution is -0.650. The van der Waals surface area contributed by atoms with Gasteiger partial charge >= 0.3 is 0 Å². The van der Waals surface area contributed by atoms with Gasteiger partial charge in [-0.15, -0.1) is 0 Å². The van der Waals surface area contributed by atoms with E-state index in [-0.39, 0.29) is 0 Å². The Kier molecular flexibility index (Phi) is 2.29. The molecule has 0 radical (unpaired) electrons. The van der Waals surface area contributed by atoms with E-state index in [1.807, 2.05) is 0 Å². The first-order valence-corrected chi connectivity index (χ1v) is 5.00. The van der Waals surface area contributed by atoms with Crippen molar-refractivity contribution in [2.75, 3.05) is 7.11 Å². The lowest BCUT2D eigenvalue weighted by Crippen LogP contribution is -2.30. The molecule has 0 fully saturated rings. The van der Waals surface area contributed by atoms with E-state index in [2.05, 4.69) is 35.9 Å². The van der Waals surface area contributed by atoms with Crippen molar-refractivity contribution in [2.24, 2.45) is 7.05 Å². The van der Waals surface area contributed by atoms with Crippen molar-refractivity contribution < 1.29 is 9.30 Å². The predicted octanol–water partition coefficient (Wildman–Crippen LogP) is 1.87. The third-order valence-electron chi connectivity index (χ3n) is 2.10. The lowest BCUT2D eigenvalue weighted by atomic mass is 10.3. The normalized spacial score (nSPS) is 10.9. The molecular formula is C10H12NOS+. The van der Waals surface area contributed by atoms with Gasteiger partial charge in [0.15, 0.2) is 0 Å². The Morgan fingerprint density at radius 2 is 2.15 bits per heavy atom. The van der Waals surface area contributed by atoms with Gasteiger partial charge in [-0.2, -0.15) is 4.57 Å². The van der Waals surface area contributed by atoms with Crippen molar-refractivity contribution in [3.63, 3.8) is 0 Å². The van der Waals surface area contributed by atoms with Gasteiger partial charge in [-0.05, 0) is 6.07 Å². The second kappa shape index (κ2) is 3.44. The number of aromatic nitrogens is 1. The molecule has 13 heavy (non-hydrogen) atoms. The zero-order valence-electron chi connectivity index (χ0n) is 7.78. The molecule has 0 atom stereocenters. The third-order valence-corrected chi connectivity index (χ3v) is 3.29. The first kappa shape index (κ1) is 8.66. The molecule has 0 aliphatic heterocycles. The minimum absolute atomic E-state index is 0.690. The largest absolute Gasteiger partial charge is 0.373 e. The van der Waals surface area contributed by atoms with E-state index in [9.17, 15) is 0 Å². The van der Waals surface area contributed by atoms with Crippen LogP contribution in [0.25, 0.3) is 10.2 Å². The summed E-state index contributed by atoms with van der Waals surface area (Å²) >= 11 is 1.79. The summed E-state index contributed by atoms with van der Waals surface area (Å²) in [7, 11) is 3.80. The molecule has 0 aliphatic carbocycles. The Bertz CT molecular complexity index is 422. The average molecular weight is 194 g/mol. The molecule has 0 N–H and O–H groups in total. The Morgan fingerprint density at radius 1 is 1.38 bits per heavy atom. The van der Waals surface area contributed by atoms with Crippen LogP contribution in [0.4, 0.5) is 0 Å². The van der Waals surface area contributed by atoms with Crippen molar-refractivity contribution in [2.45, 2.75) is 6.61 Å². The van der Waals surface area contributed by atoms with Gasteiger partial charge in [-0.3, -0.25) is 0 Å². The number of hydrogen-bond donors (Lipinski definition) is 0. The van der Waals surface area contributed by atoms with E-state index in [0.29, 0.717) is 6.61 Å². The average Bonchev–Trinajstić information content (AvgIpc) is 2.46. The second-order valence-corrected chi connectivity index (χ2v) is 4.07. The van der Waals surface area contributed by atoms with Gasteiger partial charge in [-0.25, -0.2) is 0 Å². The van der Waals surface area contributed by atoms with Crippen molar-refractivity contribution in [3.05, 3.63) is 29.3 Å². The quantitative estimate of drug-likeness (QED) is 0.665. The molecule has 2 nitrogen and oxygen atoms in total. The van der Waals surface area contributed by atoms with Crippen molar-refractivity contribution in [1.29, 1.82) is 0 Å². The fraction of sp³-hybridized carbons (Fsp3) is 0.300. The van der Waals surface area contributed by atoms with Crippen LogP contribution < -0.4 is 4.57 Å². The van der Waals surface area contributed by atoms with Crippen LogP contribution in [0, 0.1) is 0 Å². The fourth-order valence-electron chi connectivity index (χ4n) is 1.40. The number of benzene rings is 1. The van der Waals surface area contributed by atoms with E-state index in [1.54, 1.807) is 18.4 Å². The first-order valence-electron chi connectivity index (χ1n) is 4.18. The standard InChI is InChI=1S/C10H12NOS/c1-11-8-5-3-4-6-9(8)13-10(11)7-12-2/h3-6H,7H2,1-2H3/q+1. The molecule has 0 saturated heterocycles. The smallest absolute Gasteiger partial charge is 0.264 e. The molecule has 0 saturated carbocycles. The summed E-state index contributed by atoms with van der Waals surface area (Å²) in [4.78, 5) is 0. The highest BCUT2D eigenvalue weighted by atomic mass is 32.1. The summed E-state index contributed by atoms with van der Waals surface area (Å²) in [5.74, 6) is 0. The molecule has 1 aromatic carbocycles. The Morgan fingerprint density at radius 3 is 2.85 bits per heavy atom. The highest BCUT2D eigenvalue weighted by Gasteiger charge is 2.14. The number of nitrogens with zero attached hydrogens (tertiary/aromatic N) is 1. The van der Waals surface area contributed by atoms with E-state index >= 15 is 0 Å². The molecule has 68 valence electrons. The maximum Gasteiger partial charge on any atom is 0.264 e. The minimum atomic E-state index is 0.690. The van der Waals surface area contributed by atoms with Crippen LogP contribution in [0.1, 0.15) is 5.01 Å². The Hall–Kier alpha value is -0.930. The fourth-order valence-corrected chi connectivity index (χ4v) is 2.52. The Labute approximate surface area is 81.4 Å². The highest BCUT2D eigenvalue weighted by Crippen LogP contribution is 2.19. The van der Waals surface area contributed by atoms with E-state index in [4.69, 9.17) is 4.74 Å². The topological polar surface area (TPSA) is 13.1 Å². The van der Waals surface area contributed by atoms with E-state index < -0.39 is 0 Å². The molecule has 0 aliphatic rings. The molecule has 1 heterocycles. The summed E-state index contributed by atoms with van der Waals surface area (Å²) < 4.78 is 8.63. The number of aryl methyl sites for hydroxylation is 1. The van der Waals surface area contributed by atoms with Crippen molar-refractivity contribution in [1.82, 2.24) is 0 Å². The van der Waals surface area contributed by atoms with Crippen molar-refractivity contribution >= 4 is 21.6 Å². The van der Waals surface area contributed by atoms with Crippen LogP contribution in [0.3, 0.4) is 0 Å². The van der Waals surface area contributed by atoms with Gasteiger partial charge in [0.25, 0.3) is 5.01 Å². The molecule has 0 unspecified atom stereocenters. The summed E-state index contributed by atoms with van der Waals surface area (Å²) in [5.41, 5.74) is 1.28. The molecule has 0 spiro atoms. The molecule has 3 heteroatoms. The van der Waals surface area contributed by atoms with E-state index in [1.165, 1.54) is 15.2 Å². The van der Waals surface area contributed by atoms with Gasteiger partial charge in [0.1, 0.15) is 18.4 Å². The van der Waals surface area contributed by atoms with Crippen molar-refractivity contribution in [3.8, 4) is 0 Å². The van der Waals surface area contributed by atoms with Gasteiger partial charge in [-0.1, -0.05) is 23.5 Å². The van der Waals surface area contributed by atoms with Crippen LogP contribution >= 0.6 is 11.3 Å². The maximum absolute atomic E-state index is 5.13. The van der Waals surface area contributed by atoms with Crippen LogP contribution in [0.15, 0.2) is 24.3 Å². The summed E-state index contributed by atoms with van der Waals surface area (Å²) in [6, 6.07) is 8.39. The number of ether oxygens (including phenoxy) is 1. The molecule has 2 aromatic rings. The maximum atomic E-state index is 5.13. The van der Waals surface area contributed by atoms with Gasteiger partial charge in [0.2, 0.25) is 5.52 Å². The van der Waals surface area contributed by atoms with E-state index in [0.717, 1.165) is 0 Å². The van der Waals surface area contributed by atoms with Gasteiger partial charge < -0.3 is 4.74 Å². The monoisotopic (exact) mass is 194 g/mol. The zero-order chi connectivity index (χ0) is 9.26. The second-order valence-electron chi connectivity index (χ2n) is 2.96. The number of hydrogen-bond acceptors (Lipinski definition) is 2. The summed E-state index contributed by atoms with van der Waals surface area (Å²) in [5, 5.41) is 1.25. The highest BCUT2D eigenvalue weighted by molar-refractivity contribution is 7.18. The SMILES string of the molecule is COCc1sc2ccccc2[n+]1C. The molecular weight excluding hydrogens is 182 g/mol. The summed E-state index contributed by atoms with van der Waals surface area (Å²) in [6.45, 7) is 0.690. The van der Waals surface area contributed by atoms with Crippen LogP contribution in [-0.4, -0.2) is 7.11 Å². The number of thiazole rings is 1. The molecule has 0 amide bonds. The van der Waals surface area contributed by atoms with Crippen LogP contribution in [0.2, 0.25) is 0 Å². The number of methoxy groups -OCH3 is 1. The summed E-state index contributed by atoms with van der Waals surface area (Å²) in [6.07, 6.45) is 0. The van der Waals surface area contributed by atoms with Crippen LogP contribution in [0.5, 0.6) is 0 Å². The third kappa shape index (κ3) is 1.45. The zero-order valence-corrected chi connectivity index (χ0v) is 8.60. The Balaban J connectivity index is 2.60. The van der Waals surface area contributed by atoms with Gasteiger partial charge in [0, 0.05) is 13.2 Å². The van der Waals surface area contributed by atoms with Crippen LogP contribution in [-0.2, 0) is 18.4 Å². The van der Waals surface area contributed by atoms with Gasteiger partial charge in [0.05, 0.1) is 0 Å². The minimum Gasteiger partial charge on any atom is -0.373 e. The first-order chi connectivity index (χ1) is 6.33. The number of para-hydroxylation sites is 1. The predicted molar refractivity (Wildman–Crippen MR) is 53.7 cm³/mol. The molecule has 1 aromatic heterocycles.